The van der Waals surface area contributed by atoms with Gasteiger partial charge in [-0.15, -0.1) is 0 Å². The van der Waals surface area contributed by atoms with Crippen LogP contribution < -0.4 is 14.6 Å². The van der Waals surface area contributed by atoms with Crippen molar-refractivity contribution in [2.75, 3.05) is 6.61 Å². The Bertz CT molecular complexity index is 1380. The van der Waals surface area contributed by atoms with E-state index in [0.29, 0.717) is 25.6 Å². The second-order valence-corrected chi connectivity index (χ2v) is 11.9. The molecule has 1 aromatic heterocycles. The van der Waals surface area contributed by atoms with Crippen LogP contribution in [0.3, 0.4) is 0 Å². The minimum atomic E-state index is -0.974. The van der Waals surface area contributed by atoms with Gasteiger partial charge in [-0.25, -0.2) is 0 Å². The van der Waals surface area contributed by atoms with Crippen LogP contribution in [0.2, 0.25) is 0 Å². The highest BCUT2D eigenvalue weighted by molar-refractivity contribution is 5.72. The van der Waals surface area contributed by atoms with Gasteiger partial charge in [-0.2, -0.15) is 9.97 Å². The zero-order valence-corrected chi connectivity index (χ0v) is 23.5. The normalized spacial score (nSPS) is 17.2. The standard InChI is InChI=1S/C32H38N2O5/c1-19-22(18-39-24-9-10-26-23(15-24)17-32(11-12-32)27(26)16-28(35)36)7-6-8-25(19)29-20(2)33-30(34-21(29)3)38-14-13-31(4,5)37/h6-10,15,27,37H,11-14,16-18H2,1-5H3,(H,35,36)/p-1. The lowest BCUT2D eigenvalue weighted by atomic mass is 9.87. The topological polar surface area (TPSA) is 105 Å². The average Bonchev–Trinajstić information content (AvgIpc) is 3.55. The molecule has 39 heavy (non-hydrogen) atoms. The number of carboxylic acids is 1. The molecule has 1 saturated carbocycles. The number of ether oxygens (including phenoxy) is 2. The van der Waals surface area contributed by atoms with Crippen molar-refractivity contribution in [3.63, 3.8) is 0 Å². The number of fused-ring (bicyclic) bond motifs is 1. The van der Waals surface area contributed by atoms with E-state index in [9.17, 15) is 15.0 Å². The first-order chi connectivity index (χ1) is 18.5. The van der Waals surface area contributed by atoms with Crippen LogP contribution in [0.1, 0.15) is 79.1 Å². The number of carboxylic acid groups (broad SMARTS) is 1. The predicted molar refractivity (Wildman–Crippen MR) is 147 cm³/mol. The van der Waals surface area contributed by atoms with E-state index in [2.05, 4.69) is 35.1 Å². The summed E-state index contributed by atoms with van der Waals surface area (Å²) in [6.07, 6.45) is 3.66. The van der Waals surface area contributed by atoms with Crippen LogP contribution in [0.15, 0.2) is 36.4 Å². The molecule has 0 saturated heterocycles. The summed E-state index contributed by atoms with van der Waals surface area (Å²) >= 11 is 0. The first-order valence-corrected chi connectivity index (χ1v) is 13.7. The molecule has 1 spiro atoms. The Labute approximate surface area is 230 Å². The van der Waals surface area contributed by atoms with Gasteiger partial charge in [0, 0.05) is 18.0 Å². The van der Waals surface area contributed by atoms with Crippen molar-refractivity contribution in [2.45, 2.75) is 84.8 Å². The highest BCUT2D eigenvalue weighted by Gasteiger charge is 2.54. The fraction of sp³-hybridized carbons (Fsp3) is 0.469. The third-order valence-electron chi connectivity index (χ3n) is 8.34. The summed E-state index contributed by atoms with van der Waals surface area (Å²) in [4.78, 5) is 20.5. The van der Waals surface area contributed by atoms with E-state index >= 15 is 0 Å². The van der Waals surface area contributed by atoms with Gasteiger partial charge >= 0.3 is 6.01 Å². The lowest BCUT2D eigenvalue weighted by Gasteiger charge is -2.20. The molecular weight excluding hydrogens is 492 g/mol. The molecule has 5 rings (SSSR count). The first kappa shape index (κ1) is 27.1. The number of rotatable bonds is 10. The number of benzene rings is 2. The van der Waals surface area contributed by atoms with Crippen molar-refractivity contribution in [1.29, 1.82) is 0 Å². The van der Waals surface area contributed by atoms with E-state index in [-0.39, 0.29) is 17.8 Å². The molecule has 1 unspecified atom stereocenters. The Balaban J connectivity index is 1.31. The Morgan fingerprint density at radius 2 is 1.82 bits per heavy atom. The Morgan fingerprint density at radius 1 is 1.10 bits per heavy atom. The largest absolute Gasteiger partial charge is 0.550 e. The number of hydrogen-bond acceptors (Lipinski definition) is 7. The summed E-state index contributed by atoms with van der Waals surface area (Å²) in [6, 6.07) is 12.6. The fourth-order valence-electron chi connectivity index (χ4n) is 5.98. The molecule has 1 atom stereocenters. The molecule has 206 valence electrons. The molecule has 1 N–H and O–H groups in total. The quantitative estimate of drug-likeness (QED) is 0.404. The number of hydrogen-bond donors (Lipinski definition) is 1. The van der Waals surface area contributed by atoms with E-state index in [1.807, 2.05) is 32.0 Å². The van der Waals surface area contributed by atoms with Crippen LogP contribution in [0, 0.1) is 26.2 Å². The van der Waals surface area contributed by atoms with E-state index < -0.39 is 11.6 Å². The summed E-state index contributed by atoms with van der Waals surface area (Å²) in [6.45, 7) is 10.3. The van der Waals surface area contributed by atoms with Crippen molar-refractivity contribution < 1.29 is 24.5 Å². The number of aliphatic hydroxyl groups is 1. The molecule has 0 radical (unpaired) electrons. The maximum Gasteiger partial charge on any atom is 0.316 e. The summed E-state index contributed by atoms with van der Waals surface area (Å²) < 4.78 is 12.0. The van der Waals surface area contributed by atoms with Crippen LogP contribution in [0.5, 0.6) is 11.8 Å². The SMILES string of the molecule is Cc1nc(OCCC(C)(C)O)nc(C)c1-c1cccc(COc2ccc3c(c2)CC2(CC2)C3CC(=O)[O-])c1C. The van der Waals surface area contributed by atoms with Crippen LogP contribution in [-0.4, -0.2) is 33.3 Å². The second kappa shape index (κ2) is 10.3. The Kier molecular flexibility index (Phi) is 7.14. The molecule has 2 aliphatic carbocycles. The van der Waals surface area contributed by atoms with Crippen LogP contribution >= 0.6 is 0 Å². The summed E-state index contributed by atoms with van der Waals surface area (Å²) in [5, 5.41) is 21.3. The average molecular weight is 530 g/mol. The van der Waals surface area contributed by atoms with Crippen molar-refractivity contribution >= 4 is 5.97 Å². The fourth-order valence-corrected chi connectivity index (χ4v) is 5.98. The zero-order chi connectivity index (χ0) is 27.9. The van der Waals surface area contributed by atoms with Crippen molar-refractivity contribution in [3.05, 3.63) is 70.0 Å². The lowest BCUT2D eigenvalue weighted by Crippen LogP contribution is -2.26. The van der Waals surface area contributed by atoms with Crippen LogP contribution in [0.25, 0.3) is 11.1 Å². The number of aryl methyl sites for hydroxylation is 2. The van der Waals surface area contributed by atoms with Gasteiger partial charge in [0.2, 0.25) is 0 Å². The van der Waals surface area contributed by atoms with E-state index in [1.54, 1.807) is 13.8 Å². The summed E-state index contributed by atoms with van der Waals surface area (Å²) in [5.74, 6) is -0.122. The van der Waals surface area contributed by atoms with Gasteiger partial charge in [0.1, 0.15) is 12.4 Å². The Morgan fingerprint density at radius 3 is 2.46 bits per heavy atom. The highest BCUT2D eigenvalue weighted by atomic mass is 16.5. The predicted octanol–water partition coefficient (Wildman–Crippen LogP) is 4.75. The zero-order valence-electron chi connectivity index (χ0n) is 23.5. The van der Waals surface area contributed by atoms with Gasteiger partial charge < -0.3 is 24.5 Å². The summed E-state index contributed by atoms with van der Waals surface area (Å²) in [5.41, 5.74) is 7.54. The van der Waals surface area contributed by atoms with E-state index in [0.717, 1.165) is 64.2 Å². The summed E-state index contributed by atoms with van der Waals surface area (Å²) in [7, 11) is 0. The number of aromatic nitrogens is 2. The minimum Gasteiger partial charge on any atom is -0.550 e. The number of aliphatic carboxylic acids is 1. The monoisotopic (exact) mass is 529 g/mol. The van der Waals surface area contributed by atoms with Crippen LogP contribution in [0.4, 0.5) is 0 Å². The third-order valence-corrected chi connectivity index (χ3v) is 8.34. The second-order valence-electron chi connectivity index (χ2n) is 11.9. The molecular formula is C32H37N2O5-. The molecule has 0 bridgehead atoms. The maximum atomic E-state index is 11.3. The molecule has 2 aromatic carbocycles. The maximum absolute atomic E-state index is 11.3. The molecule has 7 heteroatoms. The first-order valence-electron chi connectivity index (χ1n) is 13.7. The van der Waals surface area contributed by atoms with Gasteiger partial charge in [0.15, 0.2) is 0 Å². The molecule has 3 aromatic rings. The van der Waals surface area contributed by atoms with Gasteiger partial charge in [-0.05, 0) is 112 Å². The third kappa shape index (κ3) is 5.78. The van der Waals surface area contributed by atoms with E-state index in [4.69, 9.17) is 9.47 Å². The van der Waals surface area contributed by atoms with Gasteiger partial charge in [-0.3, -0.25) is 0 Å². The molecule has 7 nitrogen and oxygen atoms in total. The minimum absolute atomic E-state index is 0.0532. The Hall–Kier alpha value is -3.45. The number of carbonyl (C=O) groups is 1. The van der Waals surface area contributed by atoms with Crippen LogP contribution in [-0.2, 0) is 17.8 Å². The molecule has 2 aliphatic rings. The van der Waals surface area contributed by atoms with Crippen molar-refractivity contribution in [1.82, 2.24) is 9.97 Å². The lowest BCUT2D eigenvalue weighted by molar-refractivity contribution is -0.306. The van der Waals surface area contributed by atoms with E-state index in [1.165, 1.54) is 5.56 Å². The van der Waals surface area contributed by atoms with Gasteiger partial charge in [-0.1, -0.05) is 24.3 Å². The molecule has 0 amide bonds. The molecule has 1 heterocycles. The smallest absolute Gasteiger partial charge is 0.316 e. The number of nitrogens with zero attached hydrogens (tertiary/aromatic N) is 2. The highest BCUT2D eigenvalue weighted by Crippen LogP contribution is 2.64. The van der Waals surface area contributed by atoms with Crippen molar-refractivity contribution in [3.8, 4) is 22.9 Å². The van der Waals surface area contributed by atoms with Gasteiger partial charge in [0.05, 0.1) is 23.6 Å². The number of carbonyl (C=O) groups excluding carboxylic acids is 1. The molecule has 1 fully saturated rings. The van der Waals surface area contributed by atoms with Crippen molar-refractivity contribution in [2.24, 2.45) is 5.41 Å². The molecule has 0 aliphatic heterocycles. The van der Waals surface area contributed by atoms with Gasteiger partial charge in [0.25, 0.3) is 0 Å².